The average Bonchev–Trinajstić information content (AvgIpc) is 2.93. The molecule has 1 unspecified atom stereocenters. The molecule has 0 saturated heterocycles. The quantitative estimate of drug-likeness (QED) is 0.901. The Morgan fingerprint density at radius 3 is 3.10 bits per heavy atom. The third kappa shape index (κ3) is 2.78. The zero-order chi connectivity index (χ0) is 13.8. The Hall–Kier alpha value is -1.61. The molecule has 1 aliphatic carbocycles. The monoisotopic (exact) mass is 269 g/mol. The SMILES string of the molecule is CCCn1nccc1CNC1CCCc2ccccc21. The van der Waals surface area contributed by atoms with Crippen LogP contribution in [0.15, 0.2) is 36.5 Å². The van der Waals surface area contributed by atoms with Gasteiger partial charge in [-0.25, -0.2) is 0 Å². The third-order valence-electron chi connectivity index (χ3n) is 4.14. The lowest BCUT2D eigenvalue weighted by atomic mass is 9.88. The van der Waals surface area contributed by atoms with Crippen LogP contribution < -0.4 is 5.32 Å². The van der Waals surface area contributed by atoms with Crippen molar-refractivity contribution in [2.75, 3.05) is 0 Å². The van der Waals surface area contributed by atoms with Crippen LogP contribution in [0.5, 0.6) is 0 Å². The van der Waals surface area contributed by atoms with Gasteiger partial charge in [-0.05, 0) is 42.9 Å². The summed E-state index contributed by atoms with van der Waals surface area (Å²) in [6, 6.07) is 11.5. The van der Waals surface area contributed by atoms with Crippen molar-refractivity contribution in [3.8, 4) is 0 Å². The van der Waals surface area contributed by atoms with Gasteiger partial charge in [-0.2, -0.15) is 5.10 Å². The standard InChI is InChI=1S/C17H23N3/c1-2-12-20-15(10-11-19-20)13-18-17-9-5-7-14-6-3-4-8-16(14)17/h3-4,6,8,10-11,17-18H,2,5,7,9,12-13H2,1H3. The lowest BCUT2D eigenvalue weighted by molar-refractivity contribution is 0.444. The molecule has 0 fully saturated rings. The first-order chi connectivity index (χ1) is 9.88. The Bertz CT molecular complexity index is 559. The molecule has 0 amide bonds. The molecule has 0 aliphatic heterocycles. The van der Waals surface area contributed by atoms with Crippen molar-refractivity contribution in [1.82, 2.24) is 15.1 Å². The van der Waals surface area contributed by atoms with Gasteiger partial charge < -0.3 is 5.32 Å². The van der Waals surface area contributed by atoms with Crippen molar-refractivity contribution in [2.45, 2.75) is 51.7 Å². The van der Waals surface area contributed by atoms with E-state index in [-0.39, 0.29) is 0 Å². The summed E-state index contributed by atoms with van der Waals surface area (Å²) in [5.74, 6) is 0. The summed E-state index contributed by atoms with van der Waals surface area (Å²) in [4.78, 5) is 0. The highest BCUT2D eigenvalue weighted by molar-refractivity contribution is 5.32. The highest BCUT2D eigenvalue weighted by Gasteiger charge is 2.19. The van der Waals surface area contributed by atoms with Gasteiger partial charge in [-0.3, -0.25) is 4.68 Å². The van der Waals surface area contributed by atoms with E-state index in [0.29, 0.717) is 6.04 Å². The molecule has 1 heterocycles. The van der Waals surface area contributed by atoms with Gasteiger partial charge >= 0.3 is 0 Å². The van der Waals surface area contributed by atoms with E-state index in [1.54, 1.807) is 0 Å². The van der Waals surface area contributed by atoms with Crippen molar-refractivity contribution in [3.05, 3.63) is 53.3 Å². The summed E-state index contributed by atoms with van der Waals surface area (Å²) in [6.45, 7) is 4.10. The molecule has 3 nitrogen and oxygen atoms in total. The van der Waals surface area contributed by atoms with Crippen LogP contribution in [0.25, 0.3) is 0 Å². The molecular weight excluding hydrogens is 246 g/mol. The Morgan fingerprint density at radius 1 is 1.30 bits per heavy atom. The van der Waals surface area contributed by atoms with Crippen LogP contribution in [0.3, 0.4) is 0 Å². The van der Waals surface area contributed by atoms with Gasteiger partial charge in [-0.1, -0.05) is 31.2 Å². The van der Waals surface area contributed by atoms with Gasteiger partial charge in [0.15, 0.2) is 0 Å². The maximum Gasteiger partial charge on any atom is 0.0522 e. The van der Waals surface area contributed by atoms with Crippen LogP contribution in [0, 0.1) is 0 Å². The molecule has 3 rings (SSSR count). The molecule has 2 aromatic rings. The van der Waals surface area contributed by atoms with Crippen LogP contribution >= 0.6 is 0 Å². The van der Waals surface area contributed by atoms with Crippen LogP contribution in [-0.4, -0.2) is 9.78 Å². The molecule has 1 aromatic carbocycles. The molecule has 0 radical (unpaired) electrons. The summed E-state index contributed by atoms with van der Waals surface area (Å²) in [5.41, 5.74) is 4.29. The first-order valence-corrected chi connectivity index (χ1v) is 7.70. The van der Waals surface area contributed by atoms with Crippen molar-refractivity contribution < 1.29 is 0 Å². The number of hydrogen-bond acceptors (Lipinski definition) is 2. The zero-order valence-electron chi connectivity index (χ0n) is 12.2. The first kappa shape index (κ1) is 13.4. The fourth-order valence-electron chi connectivity index (χ4n) is 3.12. The molecular formula is C17H23N3. The molecule has 0 saturated carbocycles. The third-order valence-corrected chi connectivity index (χ3v) is 4.14. The summed E-state index contributed by atoms with van der Waals surface area (Å²) in [7, 11) is 0. The predicted octanol–water partition coefficient (Wildman–Crippen LogP) is 3.46. The Kier molecular flexibility index (Phi) is 4.16. The minimum atomic E-state index is 0.491. The highest BCUT2D eigenvalue weighted by atomic mass is 15.3. The summed E-state index contributed by atoms with van der Waals surface area (Å²) < 4.78 is 2.11. The smallest absolute Gasteiger partial charge is 0.0522 e. The van der Waals surface area contributed by atoms with Crippen LogP contribution in [0.2, 0.25) is 0 Å². The van der Waals surface area contributed by atoms with Gasteiger partial charge in [0.05, 0.1) is 5.69 Å². The first-order valence-electron chi connectivity index (χ1n) is 7.70. The maximum absolute atomic E-state index is 4.39. The minimum Gasteiger partial charge on any atom is -0.304 e. The summed E-state index contributed by atoms with van der Waals surface area (Å²) in [5, 5.41) is 8.11. The van der Waals surface area contributed by atoms with Crippen molar-refractivity contribution in [1.29, 1.82) is 0 Å². The van der Waals surface area contributed by atoms with E-state index in [2.05, 4.69) is 52.4 Å². The second kappa shape index (κ2) is 6.23. The number of hydrogen-bond donors (Lipinski definition) is 1. The van der Waals surface area contributed by atoms with E-state index in [9.17, 15) is 0 Å². The van der Waals surface area contributed by atoms with Gasteiger partial charge in [-0.15, -0.1) is 0 Å². The van der Waals surface area contributed by atoms with Gasteiger partial charge in [0.1, 0.15) is 0 Å². The number of aromatic nitrogens is 2. The normalized spacial score (nSPS) is 17.9. The average molecular weight is 269 g/mol. The fourth-order valence-corrected chi connectivity index (χ4v) is 3.12. The van der Waals surface area contributed by atoms with Crippen LogP contribution in [0.1, 0.15) is 49.0 Å². The number of aryl methyl sites for hydroxylation is 2. The number of nitrogens with one attached hydrogen (secondary N) is 1. The van der Waals surface area contributed by atoms with Crippen molar-refractivity contribution in [3.63, 3.8) is 0 Å². The van der Waals surface area contributed by atoms with Gasteiger partial charge in [0.2, 0.25) is 0 Å². The summed E-state index contributed by atoms with van der Waals surface area (Å²) in [6.07, 6.45) is 6.77. The molecule has 1 N–H and O–H groups in total. The van der Waals surface area contributed by atoms with E-state index in [0.717, 1.165) is 19.5 Å². The molecule has 106 valence electrons. The number of nitrogens with zero attached hydrogens (tertiary/aromatic N) is 2. The largest absolute Gasteiger partial charge is 0.304 e. The predicted molar refractivity (Wildman–Crippen MR) is 81.5 cm³/mol. The topological polar surface area (TPSA) is 29.9 Å². The summed E-state index contributed by atoms with van der Waals surface area (Å²) >= 11 is 0. The van der Waals surface area contributed by atoms with E-state index in [4.69, 9.17) is 0 Å². The van der Waals surface area contributed by atoms with E-state index in [1.165, 1.54) is 36.1 Å². The van der Waals surface area contributed by atoms with E-state index in [1.807, 2.05) is 6.20 Å². The Balaban J connectivity index is 1.69. The van der Waals surface area contributed by atoms with Gasteiger partial charge in [0.25, 0.3) is 0 Å². The fraction of sp³-hybridized carbons (Fsp3) is 0.471. The van der Waals surface area contributed by atoms with E-state index < -0.39 is 0 Å². The van der Waals surface area contributed by atoms with Crippen LogP contribution in [-0.2, 0) is 19.5 Å². The molecule has 0 spiro atoms. The number of benzene rings is 1. The molecule has 20 heavy (non-hydrogen) atoms. The zero-order valence-corrected chi connectivity index (χ0v) is 12.2. The van der Waals surface area contributed by atoms with Crippen molar-refractivity contribution >= 4 is 0 Å². The second-order valence-electron chi connectivity index (χ2n) is 5.57. The van der Waals surface area contributed by atoms with Gasteiger partial charge in [0, 0.05) is 25.3 Å². The number of rotatable bonds is 5. The maximum atomic E-state index is 4.39. The lowest BCUT2D eigenvalue weighted by Crippen LogP contribution is -2.26. The Labute approximate surface area is 121 Å². The van der Waals surface area contributed by atoms with Crippen molar-refractivity contribution in [2.24, 2.45) is 0 Å². The Morgan fingerprint density at radius 2 is 2.20 bits per heavy atom. The molecule has 1 atom stereocenters. The lowest BCUT2D eigenvalue weighted by Gasteiger charge is -2.26. The molecule has 0 bridgehead atoms. The minimum absolute atomic E-state index is 0.491. The highest BCUT2D eigenvalue weighted by Crippen LogP contribution is 2.29. The molecule has 1 aromatic heterocycles. The van der Waals surface area contributed by atoms with Crippen LogP contribution in [0.4, 0.5) is 0 Å². The molecule has 3 heteroatoms. The molecule has 1 aliphatic rings. The van der Waals surface area contributed by atoms with E-state index >= 15 is 0 Å². The number of fused-ring (bicyclic) bond motifs is 1. The second-order valence-corrected chi connectivity index (χ2v) is 5.57.